The first-order chi connectivity index (χ1) is 9.81. The Kier molecular flexibility index (Phi) is 3.54. The lowest BCUT2D eigenvalue weighted by molar-refractivity contribution is 0.0289. The third-order valence-corrected chi connectivity index (χ3v) is 4.24. The molecule has 1 unspecified atom stereocenters. The van der Waals surface area contributed by atoms with Crippen LogP contribution in [0.1, 0.15) is 24.1 Å². The van der Waals surface area contributed by atoms with Gasteiger partial charge in [0, 0.05) is 12.6 Å². The van der Waals surface area contributed by atoms with Gasteiger partial charge in [0.25, 0.3) is 0 Å². The van der Waals surface area contributed by atoms with E-state index in [0.717, 1.165) is 6.54 Å². The van der Waals surface area contributed by atoms with Crippen molar-refractivity contribution in [3.05, 3.63) is 71.8 Å². The molecule has 2 aromatic carbocycles. The average molecular weight is 262 g/mol. The van der Waals surface area contributed by atoms with Gasteiger partial charge in [-0.25, -0.2) is 0 Å². The van der Waals surface area contributed by atoms with Crippen molar-refractivity contribution >= 4 is 0 Å². The predicted molar refractivity (Wildman–Crippen MR) is 80.0 cm³/mol. The number of benzene rings is 2. The molecular weight excluding hydrogens is 244 g/mol. The summed E-state index contributed by atoms with van der Waals surface area (Å²) in [6, 6.07) is 24.1. The van der Waals surface area contributed by atoms with Crippen LogP contribution >= 0.6 is 0 Å². The molecule has 1 saturated heterocycles. The fourth-order valence-electron chi connectivity index (χ4n) is 2.97. The first kappa shape index (κ1) is 12.9. The monoisotopic (exact) mass is 262 g/mol. The third kappa shape index (κ3) is 2.21. The van der Waals surface area contributed by atoms with Crippen LogP contribution in [0.2, 0.25) is 0 Å². The molecule has 0 aromatic heterocycles. The minimum atomic E-state index is 0.157. The molecule has 2 heteroatoms. The number of nitriles is 1. The number of likely N-dealkylation sites (tertiary alicyclic amines) is 1. The van der Waals surface area contributed by atoms with E-state index in [1.165, 1.54) is 11.1 Å². The Morgan fingerprint density at radius 2 is 1.50 bits per heavy atom. The van der Waals surface area contributed by atoms with E-state index in [1.807, 2.05) is 12.1 Å². The number of hydrogen-bond acceptors (Lipinski definition) is 2. The van der Waals surface area contributed by atoms with Crippen molar-refractivity contribution < 1.29 is 0 Å². The number of rotatable bonds is 3. The van der Waals surface area contributed by atoms with Crippen molar-refractivity contribution in [1.29, 1.82) is 5.26 Å². The quantitative estimate of drug-likeness (QED) is 0.844. The topological polar surface area (TPSA) is 27.0 Å². The Labute approximate surface area is 120 Å². The lowest BCUT2D eigenvalue weighted by Gasteiger charge is -2.48. The van der Waals surface area contributed by atoms with E-state index < -0.39 is 0 Å². The van der Waals surface area contributed by atoms with Gasteiger partial charge in [-0.3, -0.25) is 4.90 Å². The highest BCUT2D eigenvalue weighted by atomic mass is 15.2. The zero-order valence-electron chi connectivity index (χ0n) is 11.6. The molecule has 0 spiro atoms. The van der Waals surface area contributed by atoms with Crippen LogP contribution in [0.4, 0.5) is 0 Å². The average Bonchev–Trinajstić information content (AvgIpc) is 2.52. The van der Waals surface area contributed by atoms with E-state index in [-0.39, 0.29) is 12.0 Å². The summed E-state index contributed by atoms with van der Waals surface area (Å²) in [6.07, 6.45) is 0. The molecule has 2 aromatic rings. The lowest BCUT2D eigenvalue weighted by atomic mass is 9.85. The first-order valence-corrected chi connectivity index (χ1v) is 7.06. The van der Waals surface area contributed by atoms with E-state index in [2.05, 4.69) is 66.4 Å². The van der Waals surface area contributed by atoms with Crippen molar-refractivity contribution in [2.45, 2.75) is 19.0 Å². The van der Waals surface area contributed by atoms with Gasteiger partial charge < -0.3 is 0 Å². The Morgan fingerprint density at radius 1 is 1.00 bits per heavy atom. The summed E-state index contributed by atoms with van der Waals surface area (Å²) in [7, 11) is 0. The number of nitrogens with zero attached hydrogens (tertiary/aromatic N) is 2. The van der Waals surface area contributed by atoms with Gasteiger partial charge >= 0.3 is 0 Å². The highest BCUT2D eigenvalue weighted by molar-refractivity contribution is 5.33. The maximum Gasteiger partial charge on any atom is 0.0743 e. The summed E-state index contributed by atoms with van der Waals surface area (Å²) in [5, 5.41) is 9.12. The highest BCUT2D eigenvalue weighted by Crippen LogP contribution is 2.37. The van der Waals surface area contributed by atoms with Crippen LogP contribution in [0.25, 0.3) is 0 Å². The predicted octanol–water partition coefficient (Wildman–Crippen LogP) is 3.62. The summed E-state index contributed by atoms with van der Waals surface area (Å²) in [5.74, 6) is 0.157. The normalized spacial score (nSPS) is 22.2. The molecule has 0 amide bonds. The van der Waals surface area contributed by atoms with Crippen LogP contribution in [-0.2, 0) is 0 Å². The summed E-state index contributed by atoms with van der Waals surface area (Å²) in [6.45, 7) is 3.00. The second kappa shape index (κ2) is 5.48. The van der Waals surface area contributed by atoms with Gasteiger partial charge in [-0.2, -0.15) is 5.26 Å². The van der Waals surface area contributed by atoms with Gasteiger partial charge in [0.1, 0.15) is 0 Å². The Balaban J connectivity index is 1.96. The molecule has 0 aliphatic carbocycles. The van der Waals surface area contributed by atoms with E-state index in [0.29, 0.717) is 6.04 Å². The second-order valence-corrected chi connectivity index (χ2v) is 5.40. The number of hydrogen-bond donors (Lipinski definition) is 0. The van der Waals surface area contributed by atoms with Crippen LogP contribution < -0.4 is 0 Å². The van der Waals surface area contributed by atoms with Crippen LogP contribution in [0.5, 0.6) is 0 Å². The summed E-state index contributed by atoms with van der Waals surface area (Å²) >= 11 is 0. The zero-order chi connectivity index (χ0) is 13.9. The first-order valence-electron chi connectivity index (χ1n) is 7.06. The van der Waals surface area contributed by atoms with Gasteiger partial charge in [0.15, 0.2) is 0 Å². The zero-order valence-corrected chi connectivity index (χ0v) is 11.6. The molecule has 20 heavy (non-hydrogen) atoms. The minimum absolute atomic E-state index is 0.157. The van der Waals surface area contributed by atoms with Crippen LogP contribution in [0.3, 0.4) is 0 Å². The van der Waals surface area contributed by atoms with E-state index in [9.17, 15) is 0 Å². The molecule has 1 aliphatic heterocycles. The molecule has 0 N–H and O–H groups in total. The molecule has 2 atom stereocenters. The van der Waals surface area contributed by atoms with Gasteiger partial charge in [-0.05, 0) is 18.1 Å². The molecule has 1 heterocycles. The molecule has 3 rings (SSSR count). The molecule has 0 radical (unpaired) electrons. The minimum Gasteiger partial charge on any atom is -0.287 e. The van der Waals surface area contributed by atoms with Crippen LogP contribution in [-0.4, -0.2) is 17.5 Å². The fraction of sp³-hybridized carbons (Fsp3) is 0.278. The fourth-order valence-corrected chi connectivity index (χ4v) is 2.97. The van der Waals surface area contributed by atoms with Crippen molar-refractivity contribution in [2.75, 3.05) is 6.54 Å². The summed E-state index contributed by atoms with van der Waals surface area (Å²) in [4.78, 5) is 2.42. The summed E-state index contributed by atoms with van der Waals surface area (Å²) < 4.78 is 0. The van der Waals surface area contributed by atoms with E-state index in [1.54, 1.807) is 0 Å². The van der Waals surface area contributed by atoms with Crippen molar-refractivity contribution in [3.8, 4) is 6.07 Å². The lowest BCUT2D eigenvalue weighted by Crippen LogP contribution is -2.55. The molecule has 100 valence electrons. The molecular formula is C18H18N2. The maximum atomic E-state index is 9.12. The summed E-state index contributed by atoms with van der Waals surface area (Å²) in [5.41, 5.74) is 2.59. The highest BCUT2D eigenvalue weighted by Gasteiger charge is 2.40. The standard InChI is InChI=1S/C18H18N2/c1-14-17(12-19)13-20(14)18(15-8-4-2-5-9-15)16-10-6-3-7-11-16/h2-11,14,17-18H,13H2,1H3/t14-,17?/m0/s1. The molecule has 2 nitrogen and oxygen atoms in total. The Morgan fingerprint density at radius 3 is 1.90 bits per heavy atom. The largest absolute Gasteiger partial charge is 0.287 e. The Bertz CT molecular complexity index is 561. The van der Waals surface area contributed by atoms with Gasteiger partial charge in [-0.1, -0.05) is 60.7 Å². The van der Waals surface area contributed by atoms with Crippen molar-refractivity contribution in [1.82, 2.24) is 4.90 Å². The van der Waals surface area contributed by atoms with E-state index >= 15 is 0 Å². The second-order valence-electron chi connectivity index (χ2n) is 5.40. The smallest absolute Gasteiger partial charge is 0.0743 e. The van der Waals surface area contributed by atoms with Crippen LogP contribution in [0, 0.1) is 17.2 Å². The van der Waals surface area contributed by atoms with Gasteiger partial charge in [0.2, 0.25) is 0 Å². The third-order valence-electron chi connectivity index (χ3n) is 4.24. The molecule has 1 aliphatic rings. The molecule has 0 bridgehead atoms. The van der Waals surface area contributed by atoms with Gasteiger partial charge in [-0.15, -0.1) is 0 Å². The molecule has 1 fully saturated rings. The van der Waals surface area contributed by atoms with Crippen molar-refractivity contribution in [3.63, 3.8) is 0 Å². The maximum absolute atomic E-state index is 9.12. The van der Waals surface area contributed by atoms with Crippen LogP contribution in [0.15, 0.2) is 60.7 Å². The van der Waals surface area contributed by atoms with E-state index in [4.69, 9.17) is 5.26 Å². The molecule has 0 saturated carbocycles. The Hall–Kier alpha value is -2.11. The van der Waals surface area contributed by atoms with Gasteiger partial charge in [0.05, 0.1) is 18.0 Å². The van der Waals surface area contributed by atoms with Crippen molar-refractivity contribution in [2.24, 2.45) is 5.92 Å². The SMILES string of the molecule is C[C@H]1C(C#N)CN1C(c1ccccc1)c1ccccc1.